The van der Waals surface area contributed by atoms with Crippen LogP contribution in [0.15, 0.2) is 24.8 Å². The summed E-state index contributed by atoms with van der Waals surface area (Å²) in [5, 5.41) is 3.98. The summed E-state index contributed by atoms with van der Waals surface area (Å²) < 4.78 is 5.22. The van der Waals surface area contributed by atoms with Crippen LogP contribution >= 0.6 is 23.2 Å². The van der Waals surface area contributed by atoms with Crippen molar-refractivity contribution in [1.82, 2.24) is 5.32 Å². The molecular formula is C15H19Cl2NO2. The average Bonchev–Trinajstić information content (AvgIpc) is 2.50. The lowest BCUT2D eigenvalue weighted by Gasteiger charge is -2.08. The topological polar surface area (TPSA) is 38.3 Å². The highest BCUT2D eigenvalue weighted by molar-refractivity contribution is 6.42. The highest BCUT2D eigenvalue weighted by Gasteiger charge is 2.07. The fourth-order valence-corrected chi connectivity index (χ4v) is 2.04. The number of hydrogen-bond acceptors (Lipinski definition) is 3. The second-order valence-corrected chi connectivity index (χ2v) is 5.15. The summed E-state index contributed by atoms with van der Waals surface area (Å²) in [5.74, 6) is 0.411. The third-order valence-electron chi connectivity index (χ3n) is 2.74. The number of halogens is 2. The van der Waals surface area contributed by atoms with Gasteiger partial charge in [-0.15, -0.1) is 0 Å². The van der Waals surface area contributed by atoms with Crippen LogP contribution in [-0.4, -0.2) is 26.0 Å². The number of aldehydes is 1. The van der Waals surface area contributed by atoms with Crippen molar-refractivity contribution in [2.24, 2.45) is 0 Å². The van der Waals surface area contributed by atoms with E-state index in [2.05, 4.69) is 11.9 Å². The van der Waals surface area contributed by atoms with Gasteiger partial charge in [0.1, 0.15) is 12.4 Å². The molecule has 1 aromatic rings. The van der Waals surface area contributed by atoms with E-state index in [4.69, 9.17) is 27.9 Å². The molecule has 0 amide bonds. The van der Waals surface area contributed by atoms with Crippen LogP contribution in [0.4, 0.5) is 0 Å². The monoisotopic (exact) mass is 315 g/mol. The Morgan fingerprint density at radius 3 is 2.30 bits per heavy atom. The quantitative estimate of drug-likeness (QED) is 0.670. The fourth-order valence-electron chi connectivity index (χ4n) is 1.71. The number of rotatable bonds is 4. The Labute approximate surface area is 129 Å². The number of ether oxygens (including phenoxy) is 1. The maximum absolute atomic E-state index is 10.6. The van der Waals surface area contributed by atoms with E-state index >= 15 is 0 Å². The second-order valence-electron chi connectivity index (χ2n) is 4.33. The van der Waals surface area contributed by atoms with Gasteiger partial charge in [-0.1, -0.05) is 42.3 Å². The van der Waals surface area contributed by atoms with Gasteiger partial charge in [-0.2, -0.15) is 0 Å². The van der Waals surface area contributed by atoms with Crippen molar-refractivity contribution in [1.29, 1.82) is 0 Å². The largest absolute Gasteiger partial charge is 0.489 e. The first-order chi connectivity index (χ1) is 9.69. The molecule has 1 N–H and O–H groups in total. The van der Waals surface area contributed by atoms with E-state index in [1.165, 1.54) is 44.5 Å². The van der Waals surface area contributed by atoms with E-state index in [1.54, 1.807) is 6.08 Å². The first-order valence-electron chi connectivity index (χ1n) is 6.57. The minimum Gasteiger partial charge on any atom is -0.489 e. The number of benzene rings is 1. The molecule has 0 spiro atoms. The number of hydrogen-bond donors (Lipinski definition) is 1. The Kier molecular flexibility index (Phi) is 8.35. The molecule has 2 rings (SSSR count). The molecule has 0 aromatic heterocycles. The van der Waals surface area contributed by atoms with Crippen LogP contribution < -0.4 is 10.1 Å². The van der Waals surface area contributed by atoms with Crippen molar-refractivity contribution in [3.63, 3.8) is 0 Å². The van der Waals surface area contributed by atoms with Crippen LogP contribution in [0.25, 0.3) is 0 Å². The van der Waals surface area contributed by atoms with Crippen LogP contribution in [0, 0.1) is 0 Å². The predicted molar refractivity (Wildman–Crippen MR) is 84.3 cm³/mol. The van der Waals surface area contributed by atoms with E-state index in [-0.39, 0.29) is 0 Å². The summed E-state index contributed by atoms with van der Waals surface area (Å²) >= 11 is 11.5. The Morgan fingerprint density at radius 1 is 1.20 bits per heavy atom. The molecule has 1 saturated heterocycles. The summed E-state index contributed by atoms with van der Waals surface area (Å²) in [5.41, 5.74) is 0.376. The van der Waals surface area contributed by atoms with Crippen LogP contribution in [0.5, 0.6) is 5.75 Å². The van der Waals surface area contributed by atoms with Crippen molar-refractivity contribution >= 4 is 29.5 Å². The van der Waals surface area contributed by atoms with E-state index in [0.717, 1.165) is 0 Å². The van der Waals surface area contributed by atoms with E-state index in [0.29, 0.717) is 34.3 Å². The zero-order valence-corrected chi connectivity index (χ0v) is 12.8. The number of carbonyl (C=O) groups is 1. The van der Waals surface area contributed by atoms with E-state index < -0.39 is 0 Å². The molecule has 1 fully saturated rings. The SMILES string of the molecule is C1CCNCC1.C=CCOc1cc(Cl)c(Cl)cc1C=O. The smallest absolute Gasteiger partial charge is 0.153 e. The number of carbonyl (C=O) groups excluding carboxylic acids is 1. The number of nitrogens with one attached hydrogen (secondary N) is 1. The molecule has 0 radical (unpaired) electrons. The summed E-state index contributed by atoms with van der Waals surface area (Å²) in [6.07, 6.45) is 6.46. The predicted octanol–water partition coefficient (Wildman–Crippen LogP) is 4.13. The minimum absolute atomic E-state index is 0.318. The molecule has 110 valence electrons. The first-order valence-corrected chi connectivity index (χ1v) is 7.33. The summed E-state index contributed by atoms with van der Waals surface area (Å²) in [7, 11) is 0. The van der Waals surface area contributed by atoms with E-state index in [9.17, 15) is 4.79 Å². The van der Waals surface area contributed by atoms with Gasteiger partial charge in [-0.05, 0) is 32.0 Å². The molecule has 0 bridgehead atoms. The van der Waals surface area contributed by atoms with Crippen molar-refractivity contribution in [3.8, 4) is 5.75 Å². The maximum atomic E-state index is 10.6. The van der Waals surface area contributed by atoms with Gasteiger partial charge in [-0.25, -0.2) is 0 Å². The minimum atomic E-state index is 0.318. The number of piperidine rings is 1. The molecule has 0 aliphatic carbocycles. The Bertz CT molecular complexity index is 434. The van der Waals surface area contributed by atoms with Crippen molar-refractivity contribution in [2.75, 3.05) is 19.7 Å². The van der Waals surface area contributed by atoms with Crippen molar-refractivity contribution in [2.45, 2.75) is 19.3 Å². The molecule has 3 nitrogen and oxygen atoms in total. The Hall–Kier alpha value is -1.03. The summed E-state index contributed by atoms with van der Waals surface area (Å²) in [6.45, 7) is 6.32. The first kappa shape index (κ1) is 17.0. The van der Waals surface area contributed by atoms with Gasteiger partial charge >= 0.3 is 0 Å². The van der Waals surface area contributed by atoms with Crippen molar-refractivity contribution < 1.29 is 9.53 Å². The summed E-state index contributed by atoms with van der Waals surface area (Å²) in [4.78, 5) is 10.6. The molecule has 1 heterocycles. The zero-order valence-electron chi connectivity index (χ0n) is 11.3. The van der Waals surface area contributed by atoms with Gasteiger partial charge < -0.3 is 10.1 Å². The van der Waals surface area contributed by atoms with Gasteiger partial charge in [-0.3, -0.25) is 4.79 Å². The fraction of sp³-hybridized carbons (Fsp3) is 0.400. The van der Waals surface area contributed by atoms with Crippen LogP contribution in [0.3, 0.4) is 0 Å². The normalized spacial score (nSPS) is 13.9. The van der Waals surface area contributed by atoms with Gasteiger partial charge in [0.25, 0.3) is 0 Å². The second kappa shape index (κ2) is 9.81. The van der Waals surface area contributed by atoms with Gasteiger partial charge in [0, 0.05) is 6.07 Å². The molecule has 1 aliphatic rings. The molecule has 20 heavy (non-hydrogen) atoms. The van der Waals surface area contributed by atoms with Crippen LogP contribution in [-0.2, 0) is 0 Å². The lowest BCUT2D eigenvalue weighted by Crippen LogP contribution is -2.21. The molecule has 0 saturated carbocycles. The lowest BCUT2D eigenvalue weighted by molar-refractivity contribution is 0.112. The zero-order chi connectivity index (χ0) is 14.8. The lowest BCUT2D eigenvalue weighted by atomic mass is 10.2. The summed E-state index contributed by atoms with van der Waals surface area (Å²) in [6, 6.07) is 2.98. The van der Waals surface area contributed by atoms with Crippen LogP contribution in [0.1, 0.15) is 29.6 Å². The molecule has 1 aromatic carbocycles. The van der Waals surface area contributed by atoms with Crippen LogP contribution in [0.2, 0.25) is 10.0 Å². The molecule has 0 atom stereocenters. The molecule has 1 aliphatic heterocycles. The third-order valence-corrected chi connectivity index (χ3v) is 3.47. The van der Waals surface area contributed by atoms with E-state index in [1.807, 2.05) is 0 Å². The highest BCUT2D eigenvalue weighted by atomic mass is 35.5. The molecule has 0 unspecified atom stereocenters. The Morgan fingerprint density at radius 2 is 1.85 bits per heavy atom. The standard InChI is InChI=1S/C10H8Cl2O2.C5H11N/c1-2-3-14-10-5-9(12)8(11)4-7(10)6-13;1-2-4-6-5-3-1/h2,4-6H,1,3H2;6H,1-5H2. The third kappa shape index (κ3) is 5.95. The van der Waals surface area contributed by atoms with Gasteiger partial charge in [0.15, 0.2) is 6.29 Å². The highest BCUT2D eigenvalue weighted by Crippen LogP contribution is 2.29. The maximum Gasteiger partial charge on any atom is 0.153 e. The molecular weight excluding hydrogens is 297 g/mol. The van der Waals surface area contributed by atoms with Gasteiger partial charge in [0.2, 0.25) is 0 Å². The average molecular weight is 316 g/mol. The van der Waals surface area contributed by atoms with Gasteiger partial charge in [0.05, 0.1) is 15.6 Å². The molecule has 5 heteroatoms. The van der Waals surface area contributed by atoms with Crippen molar-refractivity contribution in [3.05, 3.63) is 40.4 Å². The Balaban J connectivity index is 0.000000276.